The predicted molar refractivity (Wildman–Crippen MR) is 88.6 cm³/mol. The predicted octanol–water partition coefficient (Wildman–Crippen LogP) is 3.89. The quantitative estimate of drug-likeness (QED) is 0.416. The molecule has 1 heterocycles. The van der Waals surface area contributed by atoms with E-state index in [4.69, 9.17) is 0 Å². The van der Waals surface area contributed by atoms with Crippen LogP contribution in [0.1, 0.15) is 0 Å². The summed E-state index contributed by atoms with van der Waals surface area (Å²) in [6.45, 7) is 0. The summed E-state index contributed by atoms with van der Waals surface area (Å²) in [5.74, 6) is 0.547. The highest BCUT2D eigenvalue weighted by Gasteiger charge is 2.10. The van der Waals surface area contributed by atoms with E-state index in [1.807, 2.05) is 24.3 Å². The first-order chi connectivity index (χ1) is 10.1. The van der Waals surface area contributed by atoms with E-state index in [0.717, 1.165) is 9.26 Å². The van der Waals surface area contributed by atoms with Gasteiger partial charge in [-0.3, -0.25) is 10.1 Å². The van der Waals surface area contributed by atoms with Crippen LogP contribution in [0.25, 0.3) is 10.9 Å². The number of nitro benzene ring substituents is 1. The Balaban J connectivity index is 2.09. The maximum Gasteiger partial charge on any atom is 0.270 e. The largest absolute Gasteiger partial charge is 0.340 e. The lowest BCUT2D eigenvalue weighted by Crippen LogP contribution is -1.97. The normalized spacial score (nSPS) is 10.5. The van der Waals surface area contributed by atoms with Gasteiger partial charge in [-0.1, -0.05) is 6.07 Å². The van der Waals surface area contributed by atoms with Gasteiger partial charge < -0.3 is 5.32 Å². The number of aromatic nitrogens is 2. The van der Waals surface area contributed by atoms with Crippen LogP contribution in [0.2, 0.25) is 0 Å². The number of anilines is 2. The number of non-ortho nitro benzene ring substituents is 1. The molecule has 104 valence electrons. The highest BCUT2D eigenvalue weighted by molar-refractivity contribution is 14.1. The number of hydrogen-bond donors (Lipinski definition) is 1. The molecule has 2 aromatic carbocycles. The second-order valence-corrected chi connectivity index (χ2v) is 5.56. The smallest absolute Gasteiger partial charge is 0.270 e. The molecule has 1 aromatic heterocycles. The van der Waals surface area contributed by atoms with Crippen molar-refractivity contribution < 1.29 is 4.92 Å². The van der Waals surface area contributed by atoms with E-state index < -0.39 is 4.92 Å². The molecule has 0 aliphatic carbocycles. The molecular formula is C14H9IN4O2. The Morgan fingerprint density at radius 3 is 2.76 bits per heavy atom. The van der Waals surface area contributed by atoms with Crippen LogP contribution in [0.4, 0.5) is 17.2 Å². The Bertz CT molecular complexity index is 838. The van der Waals surface area contributed by atoms with Crippen molar-refractivity contribution in [3.05, 3.63) is 62.5 Å². The number of benzene rings is 2. The van der Waals surface area contributed by atoms with Crippen LogP contribution in [0.3, 0.4) is 0 Å². The monoisotopic (exact) mass is 392 g/mol. The van der Waals surface area contributed by atoms with Gasteiger partial charge in [-0.2, -0.15) is 0 Å². The number of nitrogens with zero attached hydrogens (tertiary/aromatic N) is 3. The van der Waals surface area contributed by atoms with Crippen LogP contribution in [0, 0.1) is 13.7 Å². The lowest BCUT2D eigenvalue weighted by Gasteiger charge is -2.08. The van der Waals surface area contributed by atoms with Crippen molar-refractivity contribution >= 4 is 50.7 Å². The Morgan fingerprint density at radius 1 is 1.14 bits per heavy atom. The molecule has 0 aliphatic rings. The highest BCUT2D eigenvalue weighted by Crippen LogP contribution is 2.26. The zero-order valence-corrected chi connectivity index (χ0v) is 12.8. The van der Waals surface area contributed by atoms with Gasteiger partial charge in [0.1, 0.15) is 12.1 Å². The van der Waals surface area contributed by atoms with Crippen molar-refractivity contribution in [2.24, 2.45) is 0 Å². The van der Waals surface area contributed by atoms with Crippen LogP contribution < -0.4 is 5.32 Å². The minimum absolute atomic E-state index is 0.0167. The van der Waals surface area contributed by atoms with Crippen molar-refractivity contribution in [2.75, 3.05) is 5.32 Å². The van der Waals surface area contributed by atoms with Crippen LogP contribution >= 0.6 is 22.6 Å². The molecule has 21 heavy (non-hydrogen) atoms. The molecule has 3 rings (SSSR count). The van der Waals surface area contributed by atoms with E-state index >= 15 is 0 Å². The van der Waals surface area contributed by atoms with Crippen molar-refractivity contribution in [3.63, 3.8) is 0 Å². The number of halogens is 1. The molecule has 0 atom stereocenters. The summed E-state index contributed by atoms with van der Waals surface area (Å²) in [5, 5.41) is 14.7. The van der Waals surface area contributed by atoms with E-state index in [9.17, 15) is 10.1 Å². The number of rotatable bonds is 3. The van der Waals surface area contributed by atoms with Gasteiger partial charge >= 0.3 is 0 Å². The van der Waals surface area contributed by atoms with Gasteiger partial charge in [0, 0.05) is 26.8 Å². The molecule has 6 nitrogen and oxygen atoms in total. The first-order valence-corrected chi connectivity index (χ1v) is 7.13. The summed E-state index contributed by atoms with van der Waals surface area (Å²) in [5.41, 5.74) is 1.54. The number of fused-ring (bicyclic) bond motifs is 1. The summed E-state index contributed by atoms with van der Waals surface area (Å²) in [7, 11) is 0. The van der Waals surface area contributed by atoms with Crippen molar-refractivity contribution in [1.29, 1.82) is 0 Å². The number of hydrogen-bond acceptors (Lipinski definition) is 5. The van der Waals surface area contributed by atoms with Gasteiger partial charge in [0.15, 0.2) is 0 Å². The third-order valence-electron chi connectivity index (χ3n) is 2.92. The molecule has 0 fully saturated rings. The van der Waals surface area contributed by atoms with Gasteiger partial charge in [0.05, 0.1) is 10.4 Å². The maximum absolute atomic E-state index is 10.9. The SMILES string of the molecule is O=[N+]([O-])c1ccc2ncnc(Nc3cccc(I)c3)c2c1. The third kappa shape index (κ3) is 2.92. The molecule has 0 saturated heterocycles. The molecular weight excluding hydrogens is 383 g/mol. The summed E-state index contributed by atoms with van der Waals surface area (Å²) >= 11 is 2.22. The minimum atomic E-state index is -0.429. The first kappa shape index (κ1) is 13.7. The highest BCUT2D eigenvalue weighted by atomic mass is 127. The second kappa shape index (κ2) is 5.60. The summed E-state index contributed by atoms with van der Waals surface area (Å²) in [6.07, 6.45) is 1.43. The summed E-state index contributed by atoms with van der Waals surface area (Å²) in [6, 6.07) is 12.3. The van der Waals surface area contributed by atoms with E-state index in [0.29, 0.717) is 16.7 Å². The Hall–Kier alpha value is -2.29. The molecule has 0 amide bonds. The van der Waals surface area contributed by atoms with Crippen molar-refractivity contribution in [1.82, 2.24) is 9.97 Å². The lowest BCUT2D eigenvalue weighted by atomic mass is 10.2. The number of nitrogens with one attached hydrogen (secondary N) is 1. The molecule has 0 spiro atoms. The summed E-state index contributed by atoms with van der Waals surface area (Å²) < 4.78 is 1.09. The molecule has 1 N–H and O–H groups in total. The van der Waals surface area contributed by atoms with Gasteiger partial charge in [0.25, 0.3) is 5.69 Å². The zero-order valence-electron chi connectivity index (χ0n) is 10.7. The molecule has 0 aliphatic heterocycles. The van der Waals surface area contributed by atoms with E-state index in [1.165, 1.54) is 18.5 Å². The average molecular weight is 392 g/mol. The third-order valence-corrected chi connectivity index (χ3v) is 3.59. The lowest BCUT2D eigenvalue weighted by molar-refractivity contribution is -0.384. The van der Waals surface area contributed by atoms with Crippen LogP contribution in [-0.4, -0.2) is 14.9 Å². The summed E-state index contributed by atoms with van der Waals surface area (Å²) in [4.78, 5) is 18.8. The standard InChI is InChI=1S/C14H9IN4O2/c15-9-2-1-3-10(6-9)18-14-12-7-11(19(20)21)4-5-13(12)16-8-17-14/h1-8H,(H,16,17,18). The molecule has 0 radical (unpaired) electrons. The molecule has 0 unspecified atom stereocenters. The van der Waals surface area contributed by atoms with E-state index in [-0.39, 0.29) is 5.69 Å². The second-order valence-electron chi connectivity index (χ2n) is 4.32. The maximum atomic E-state index is 10.9. The fraction of sp³-hybridized carbons (Fsp3) is 0. The van der Waals surface area contributed by atoms with Crippen molar-refractivity contribution in [2.45, 2.75) is 0 Å². The number of nitro groups is 1. The molecule has 3 aromatic rings. The molecule has 0 bridgehead atoms. The molecule has 0 saturated carbocycles. The van der Waals surface area contributed by atoms with Gasteiger partial charge in [0.2, 0.25) is 0 Å². The van der Waals surface area contributed by atoms with Crippen LogP contribution in [-0.2, 0) is 0 Å². The average Bonchev–Trinajstić information content (AvgIpc) is 2.47. The van der Waals surface area contributed by atoms with E-state index in [2.05, 4.69) is 37.9 Å². The van der Waals surface area contributed by atoms with Crippen LogP contribution in [0.5, 0.6) is 0 Å². The Kier molecular flexibility index (Phi) is 3.65. The van der Waals surface area contributed by atoms with Gasteiger partial charge in [-0.15, -0.1) is 0 Å². The van der Waals surface area contributed by atoms with E-state index in [1.54, 1.807) is 6.07 Å². The molecule has 7 heteroatoms. The fourth-order valence-corrected chi connectivity index (χ4v) is 2.50. The minimum Gasteiger partial charge on any atom is -0.340 e. The zero-order chi connectivity index (χ0) is 14.8. The van der Waals surface area contributed by atoms with Gasteiger partial charge in [-0.25, -0.2) is 9.97 Å². The first-order valence-electron chi connectivity index (χ1n) is 6.05. The fourth-order valence-electron chi connectivity index (χ4n) is 1.96. The Morgan fingerprint density at radius 2 is 2.00 bits per heavy atom. The topological polar surface area (TPSA) is 81.0 Å². The van der Waals surface area contributed by atoms with Crippen LogP contribution in [0.15, 0.2) is 48.8 Å². The Labute approximate surface area is 133 Å². The van der Waals surface area contributed by atoms with Gasteiger partial charge in [-0.05, 0) is 46.9 Å². The van der Waals surface area contributed by atoms with Crippen molar-refractivity contribution in [3.8, 4) is 0 Å².